The Balaban J connectivity index is 2.80. The highest BCUT2D eigenvalue weighted by Crippen LogP contribution is 2.03. The summed E-state index contributed by atoms with van der Waals surface area (Å²) in [6, 6.07) is 3.40. The predicted molar refractivity (Wildman–Crippen MR) is 41.3 cm³/mol. The molecule has 0 spiro atoms. The highest BCUT2D eigenvalue weighted by Gasteiger charge is 2.04. The molecular weight excluding hydrogens is 142 g/mol. The monoisotopic (exact) mass is 153 g/mol. The molecule has 0 aliphatic heterocycles. The third-order valence-corrected chi connectivity index (χ3v) is 1.54. The van der Waals surface area contributed by atoms with Gasteiger partial charge in [0.05, 0.1) is 12.3 Å². The third kappa shape index (κ3) is 1.68. The van der Waals surface area contributed by atoms with Crippen LogP contribution in [0.1, 0.15) is 29.5 Å². The number of aromatic nitrogens is 1. The van der Waals surface area contributed by atoms with Crippen LogP contribution in [-0.4, -0.2) is 15.9 Å². The summed E-state index contributed by atoms with van der Waals surface area (Å²) >= 11 is 0. The fraction of sp³-hybridized carbons (Fsp3) is 0.375. The molecule has 60 valence electrons. The van der Waals surface area contributed by atoms with E-state index in [0.717, 1.165) is 0 Å². The van der Waals surface area contributed by atoms with Gasteiger partial charge < -0.3 is 10.1 Å². The second kappa shape index (κ2) is 3.34. The molecule has 1 heterocycles. The van der Waals surface area contributed by atoms with Gasteiger partial charge in [-0.3, -0.25) is 4.79 Å². The van der Waals surface area contributed by atoms with Crippen molar-refractivity contribution in [3.63, 3.8) is 0 Å². The second-order valence-electron chi connectivity index (χ2n) is 2.33. The highest BCUT2D eigenvalue weighted by atomic mass is 16.3. The molecule has 0 fully saturated rings. The molecule has 2 N–H and O–H groups in total. The summed E-state index contributed by atoms with van der Waals surface area (Å²) in [5.74, 6) is 0.0738. The van der Waals surface area contributed by atoms with Crippen molar-refractivity contribution in [3.8, 4) is 0 Å². The van der Waals surface area contributed by atoms with E-state index in [0.29, 0.717) is 17.8 Å². The van der Waals surface area contributed by atoms with Gasteiger partial charge in [-0.25, -0.2) is 0 Å². The molecule has 1 rings (SSSR count). The number of nitrogens with one attached hydrogen (secondary N) is 1. The van der Waals surface area contributed by atoms with E-state index in [1.807, 2.05) is 6.92 Å². The van der Waals surface area contributed by atoms with Crippen molar-refractivity contribution >= 4 is 5.78 Å². The van der Waals surface area contributed by atoms with Crippen molar-refractivity contribution in [3.05, 3.63) is 23.5 Å². The van der Waals surface area contributed by atoms with Gasteiger partial charge >= 0.3 is 0 Å². The average molecular weight is 153 g/mol. The minimum Gasteiger partial charge on any atom is -0.390 e. The van der Waals surface area contributed by atoms with Gasteiger partial charge in [0.15, 0.2) is 5.78 Å². The van der Waals surface area contributed by atoms with Gasteiger partial charge in [-0.1, -0.05) is 6.92 Å². The van der Waals surface area contributed by atoms with Crippen LogP contribution in [0, 0.1) is 0 Å². The third-order valence-electron chi connectivity index (χ3n) is 1.54. The minimum atomic E-state index is -0.0446. The minimum absolute atomic E-state index is 0.0446. The summed E-state index contributed by atoms with van der Waals surface area (Å²) < 4.78 is 0. The van der Waals surface area contributed by atoms with Crippen molar-refractivity contribution in [1.29, 1.82) is 0 Å². The fourth-order valence-electron chi connectivity index (χ4n) is 0.886. The number of rotatable bonds is 3. The van der Waals surface area contributed by atoms with Crippen LogP contribution in [0.4, 0.5) is 0 Å². The fourth-order valence-corrected chi connectivity index (χ4v) is 0.886. The molecule has 0 bridgehead atoms. The molecule has 11 heavy (non-hydrogen) atoms. The van der Waals surface area contributed by atoms with Gasteiger partial charge in [0.2, 0.25) is 0 Å². The zero-order valence-corrected chi connectivity index (χ0v) is 6.42. The summed E-state index contributed by atoms with van der Waals surface area (Å²) in [4.78, 5) is 13.8. The summed E-state index contributed by atoms with van der Waals surface area (Å²) in [7, 11) is 0. The molecule has 3 nitrogen and oxygen atoms in total. The number of hydrogen-bond acceptors (Lipinski definition) is 2. The topological polar surface area (TPSA) is 53.1 Å². The molecule has 0 aliphatic rings. The van der Waals surface area contributed by atoms with Crippen molar-refractivity contribution in [2.45, 2.75) is 20.0 Å². The van der Waals surface area contributed by atoms with E-state index in [-0.39, 0.29) is 12.4 Å². The SMILES string of the molecule is CCC(=O)c1ccc(CO)[nH]1. The smallest absolute Gasteiger partial charge is 0.178 e. The van der Waals surface area contributed by atoms with Crippen LogP contribution in [0.2, 0.25) is 0 Å². The Hall–Kier alpha value is -1.09. The van der Waals surface area contributed by atoms with Crippen LogP contribution in [0.5, 0.6) is 0 Å². The van der Waals surface area contributed by atoms with Crippen LogP contribution >= 0.6 is 0 Å². The second-order valence-corrected chi connectivity index (χ2v) is 2.33. The number of aliphatic hydroxyl groups is 1. The van der Waals surface area contributed by atoms with E-state index >= 15 is 0 Å². The number of carbonyl (C=O) groups excluding carboxylic acids is 1. The van der Waals surface area contributed by atoms with Crippen LogP contribution in [0.15, 0.2) is 12.1 Å². The number of ketones is 1. The molecule has 0 unspecified atom stereocenters. The molecule has 0 aliphatic carbocycles. The maximum Gasteiger partial charge on any atom is 0.178 e. The number of aliphatic hydroxyl groups excluding tert-OH is 1. The van der Waals surface area contributed by atoms with E-state index < -0.39 is 0 Å². The van der Waals surface area contributed by atoms with Crippen LogP contribution in [-0.2, 0) is 6.61 Å². The van der Waals surface area contributed by atoms with E-state index in [1.54, 1.807) is 12.1 Å². The zero-order chi connectivity index (χ0) is 8.27. The van der Waals surface area contributed by atoms with E-state index in [2.05, 4.69) is 4.98 Å². The Morgan fingerprint density at radius 1 is 1.64 bits per heavy atom. The quantitative estimate of drug-likeness (QED) is 0.639. The summed E-state index contributed by atoms with van der Waals surface area (Å²) in [5.41, 5.74) is 1.26. The molecule has 0 aromatic carbocycles. The van der Waals surface area contributed by atoms with E-state index in [1.165, 1.54) is 0 Å². The normalized spacial score (nSPS) is 10.0. The Kier molecular flexibility index (Phi) is 2.44. The molecule has 1 aromatic rings. The number of aromatic amines is 1. The van der Waals surface area contributed by atoms with Gasteiger partial charge in [0.25, 0.3) is 0 Å². The van der Waals surface area contributed by atoms with E-state index in [9.17, 15) is 4.79 Å². The Labute approximate surface area is 65.1 Å². The number of hydrogen-bond donors (Lipinski definition) is 2. The lowest BCUT2D eigenvalue weighted by molar-refractivity contribution is 0.0983. The summed E-state index contributed by atoms with van der Waals surface area (Å²) in [6.45, 7) is 1.76. The lowest BCUT2D eigenvalue weighted by Crippen LogP contribution is -1.96. The first kappa shape index (κ1) is 8.01. The van der Waals surface area contributed by atoms with Gasteiger partial charge in [-0.15, -0.1) is 0 Å². The summed E-state index contributed by atoms with van der Waals surface area (Å²) in [6.07, 6.45) is 0.491. The lowest BCUT2D eigenvalue weighted by Gasteiger charge is -1.91. The number of Topliss-reactive ketones (excluding diaryl/α,β-unsaturated/α-hetero) is 1. The molecule has 0 radical (unpaired) electrons. The Morgan fingerprint density at radius 3 is 2.82 bits per heavy atom. The van der Waals surface area contributed by atoms with Crippen molar-refractivity contribution in [1.82, 2.24) is 4.98 Å². The lowest BCUT2D eigenvalue weighted by atomic mass is 10.2. The molecule has 0 amide bonds. The standard InChI is InChI=1S/C8H11NO2/c1-2-8(11)7-4-3-6(5-10)9-7/h3-4,9-10H,2,5H2,1H3. The van der Waals surface area contributed by atoms with Gasteiger partial charge in [0.1, 0.15) is 0 Å². The predicted octanol–water partition coefficient (Wildman–Crippen LogP) is 1.10. The first-order valence-electron chi connectivity index (χ1n) is 3.60. The maximum absolute atomic E-state index is 11.0. The molecule has 0 atom stereocenters. The van der Waals surface area contributed by atoms with Crippen molar-refractivity contribution in [2.75, 3.05) is 0 Å². The first-order chi connectivity index (χ1) is 5.27. The van der Waals surface area contributed by atoms with E-state index in [4.69, 9.17) is 5.11 Å². The zero-order valence-electron chi connectivity index (χ0n) is 6.42. The molecular formula is C8H11NO2. The summed E-state index contributed by atoms with van der Waals surface area (Å²) in [5, 5.41) is 8.66. The molecule has 1 aromatic heterocycles. The van der Waals surface area contributed by atoms with Gasteiger partial charge in [-0.05, 0) is 12.1 Å². The van der Waals surface area contributed by atoms with Crippen molar-refractivity contribution < 1.29 is 9.90 Å². The number of H-pyrrole nitrogens is 1. The first-order valence-corrected chi connectivity index (χ1v) is 3.60. The van der Waals surface area contributed by atoms with Crippen LogP contribution in [0.3, 0.4) is 0 Å². The Morgan fingerprint density at radius 2 is 2.36 bits per heavy atom. The van der Waals surface area contributed by atoms with Gasteiger partial charge in [0, 0.05) is 12.1 Å². The molecule has 3 heteroatoms. The maximum atomic E-state index is 11.0. The largest absolute Gasteiger partial charge is 0.390 e. The molecule has 0 saturated heterocycles. The highest BCUT2D eigenvalue weighted by molar-refractivity contribution is 5.94. The molecule has 0 saturated carbocycles. The van der Waals surface area contributed by atoms with Crippen molar-refractivity contribution in [2.24, 2.45) is 0 Å². The van der Waals surface area contributed by atoms with Gasteiger partial charge in [-0.2, -0.15) is 0 Å². The Bertz CT molecular complexity index is 252. The van der Waals surface area contributed by atoms with Crippen LogP contribution < -0.4 is 0 Å². The number of carbonyl (C=O) groups is 1. The van der Waals surface area contributed by atoms with Crippen LogP contribution in [0.25, 0.3) is 0 Å². The average Bonchev–Trinajstić information content (AvgIpc) is 2.50.